The number of para-hydroxylation sites is 1. The topological polar surface area (TPSA) is 24.4 Å². The van der Waals surface area contributed by atoms with E-state index in [1.807, 2.05) is 36.5 Å². The number of hydrogen-bond acceptors (Lipinski definition) is 2. The Morgan fingerprint density at radius 2 is 1.67 bits per heavy atom. The molecule has 0 heterocycles. The summed E-state index contributed by atoms with van der Waals surface area (Å²) < 4.78 is 1.04. The van der Waals surface area contributed by atoms with E-state index in [0.29, 0.717) is 0 Å². The third kappa shape index (κ3) is 2.99. The van der Waals surface area contributed by atoms with Gasteiger partial charge in [0.1, 0.15) is 0 Å². The Labute approximate surface area is 116 Å². The second-order valence-electron chi connectivity index (χ2n) is 4.16. The fourth-order valence-electron chi connectivity index (χ4n) is 1.74. The van der Waals surface area contributed by atoms with E-state index in [2.05, 4.69) is 52.4 Å². The number of hydrogen-bond donors (Lipinski definition) is 1. The zero-order valence-electron chi connectivity index (χ0n) is 10.4. The van der Waals surface area contributed by atoms with Crippen LogP contribution in [0.15, 0.2) is 52.0 Å². The van der Waals surface area contributed by atoms with Crippen LogP contribution >= 0.6 is 15.9 Å². The van der Waals surface area contributed by atoms with Crippen LogP contribution in [0.1, 0.15) is 16.7 Å². The molecule has 3 heteroatoms. The smallest absolute Gasteiger partial charge is 0.0620 e. The summed E-state index contributed by atoms with van der Waals surface area (Å²) in [4.78, 5) is 0. The average Bonchev–Trinajstić information content (AvgIpc) is 2.35. The van der Waals surface area contributed by atoms with Crippen molar-refractivity contribution < 1.29 is 0 Å². The van der Waals surface area contributed by atoms with Gasteiger partial charge in [-0.1, -0.05) is 52.3 Å². The quantitative estimate of drug-likeness (QED) is 0.654. The Kier molecular flexibility index (Phi) is 4.15. The molecule has 2 aromatic rings. The van der Waals surface area contributed by atoms with Gasteiger partial charge in [0.25, 0.3) is 0 Å². The summed E-state index contributed by atoms with van der Waals surface area (Å²) in [5.41, 5.74) is 7.62. The van der Waals surface area contributed by atoms with Crippen LogP contribution in [0.3, 0.4) is 0 Å². The summed E-state index contributed by atoms with van der Waals surface area (Å²) in [5.74, 6) is 0. The predicted molar refractivity (Wildman–Crippen MR) is 81.3 cm³/mol. The number of nitrogens with one attached hydrogen (secondary N) is 1. The van der Waals surface area contributed by atoms with E-state index in [1.54, 1.807) is 0 Å². The number of hydrazone groups is 1. The Hall–Kier alpha value is -1.61. The van der Waals surface area contributed by atoms with Crippen LogP contribution in [0.5, 0.6) is 0 Å². The third-order valence-electron chi connectivity index (χ3n) is 2.77. The normalized spacial score (nSPS) is 10.8. The molecule has 0 bridgehead atoms. The van der Waals surface area contributed by atoms with Crippen molar-refractivity contribution in [1.82, 2.24) is 0 Å². The van der Waals surface area contributed by atoms with Crippen LogP contribution in [-0.2, 0) is 0 Å². The summed E-state index contributed by atoms with van der Waals surface area (Å²) >= 11 is 3.49. The molecule has 0 aliphatic rings. The molecule has 1 N–H and O–H groups in total. The zero-order valence-corrected chi connectivity index (χ0v) is 12.0. The third-order valence-corrected chi connectivity index (χ3v) is 3.49. The van der Waals surface area contributed by atoms with Gasteiger partial charge in [0, 0.05) is 10.0 Å². The highest BCUT2D eigenvalue weighted by Crippen LogP contribution is 2.19. The average molecular weight is 303 g/mol. The van der Waals surface area contributed by atoms with Crippen molar-refractivity contribution >= 4 is 27.8 Å². The highest BCUT2D eigenvalue weighted by atomic mass is 79.9. The summed E-state index contributed by atoms with van der Waals surface area (Å²) in [6.45, 7) is 4.15. The summed E-state index contributed by atoms with van der Waals surface area (Å²) in [6.07, 6.45) is 1.82. The molecule has 0 aliphatic carbocycles. The number of aryl methyl sites for hydroxylation is 2. The Morgan fingerprint density at radius 1 is 1.00 bits per heavy atom. The van der Waals surface area contributed by atoms with E-state index in [9.17, 15) is 0 Å². The zero-order chi connectivity index (χ0) is 13.0. The maximum atomic E-state index is 4.29. The molecule has 0 fully saturated rings. The van der Waals surface area contributed by atoms with E-state index >= 15 is 0 Å². The number of rotatable bonds is 3. The van der Waals surface area contributed by atoms with Crippen molar-refractivity contribution in [3.63, 3.8) is 0 Å². The molecule has 92 valence electrons. The Bertz CT molecular complexity index is 556. The molecule has 0 amide bonds. The number of anilines is 1. The van der Waals surface area contributed by atoms with Gasteiger partial charge in [-0.25, -0.2) is 0 Å². The van der Waals surface area contributed by atoms with Crippen molar-refractivity contribution in [2.75, 3.05) is 5.43 Å². The Morgan fingerprint density at radius 3 is 2.33 bits per heavy atom. The van der Waals surface area contributed by atoms with E-state index < -0.39 is 0 Å². The van der Waals surface area contributed by atoms with Gasteiger partial charge < -0.3 is 0 Å². The van der Waals surface area contributed by atoms with Gasteiger partial charge in [-0.3, -0.25) is 5.43 Å². The largest absolute Gasteiger partial charge is 0.278 e. The molecule has 2 nitrogen and oxygen atoms in total. The molecule has 2 aromatic carbocycles. The van der Waals surface area contributed by atoms with Crippen molar-refractivity contribution in [3.05, 3.63) is 63.6 Å². The van der Waals surface area contributed by atoms with Crippen LogP contribution in [0, 0.1) is 13.8 Å². The van der Waals surface area contributed by atoms with Crippen molar-refractivity contribution in [2.24, 2.45) is 5.10 Å². The van der Waals surface area contributed by atoms with Gasteiger partial charge in [0.2, 0.25) is 0 Å². The molecule has 0 aromatic heterocycles. The van der Waals surface area contributed by atoms with Crippen molar-refractivity contribution in [3.8, 4) is 0 Å². The lowest BCUT2D eigenvalue weighted by Crippen LogP contribution is -1.96. The minimum Gasteiger partial charge on any atom is -0.278 e. The van der Waals surface area contributed by atoms with Crippen molar-refractivity contribution in [2.45, 2.75) is 13.8 Å². The molecule has 2 rings (SSSR count). The first kappa shape index (κ1) is 12.8. The van der Waals surface area contributed by atoms with Crippen LogP contribution in [-0.4, -0.2) is 6.21 Å². The molecule has 0 saturated carbocycles. The molecular weight excluding hydrogens is 288 g/mol. The van der Waals surface area contributed by atoms with Crippen molar-refractivity contribution in [1.29, 1.82) is 0 Å². The van der Waals surface area contributed by atoms with Crippen LogP contribution in [0.2, 0.25) is 0 Å². The fourth-order valence-corrected chi connectivity index (χ4v) is 2.12. The molecule has 0 aliphatic heterocycles. The first-order chi connectivity index (χ1) is 8.68. The van der Waals surface area contributed by atoms with Gasteiger partial charge in [0.15, 0.2) is 0 Å². The van der Waals surface area contributed by atoms with E-state index in [0.717, 1.165) is 15.7 Å². The maximum absolute atomic E-state index is 4.29. The lowest BCUT2D eigenvalue weighted by molar-refractivity contribution is 1.27. The van der Waals surface area contributed by atoms with Crippen LogP contribution < -0.4 is 5.43 Å². The highest BCUT2D eigenvalue weighted by molar-refractivity contribution is 9.10. The van der Waals surface area contributed by atoms with Gasteiger partial charge in [-0.2, -0.15) is 5.10 Å². The predicted octanol–water partition coefficient (Wildman–Crippen LogP) is 4.51. The number of benzene rings is 2. The second-order valence-corrected chi connectivity index (χ2v) is 5.01. The molecule has 0 spiro atoms. The summed E-state index contributed by atoms with van der Waals surface area (Å²) in [7, 11) is 0. The van der Waals surface area contributed by atoms with Gasteiger partial charge in [-0.05, 0) is 31.0 Å². The van der Waals surface area contributed by atoms with Gasteiger partial charge in [0.05, 0.1) is 11.9 Å². The summed E-state index contributed by atoms with van der Waals surface area (Å²) in [6, 6.07) is 14.2. The minimum absolute atomic E-state index is 1.04. The first-order valence-electron chi connectivity index (χ1n) is 5.78. The van der Waals surface area contributed by atoms with E-state index in [-0.39, 0.29) is 0 Å². The van der Waals surface area contributed by atoms with E-state index in [1.165, 1.54) is 11.1 Å². The van der Waals surface area contributed by atoms with Crippen LogP contribution in [0.4, 0.5) is 5.69 Å². The maximum Gasteiger partial charge on any atom is 0.0620 e. The fraction of sp³-hybridized carbons (Fsp3) is 0.133. The van der Waals surface area contributed by atoms with Gasteiger partial charge >= 0.3 is 0 Å². The van der Waals surface area contributed by atoms with Gasteiger partial charge in [-0.15, -0.1) is 0 Å². The molecule has 0 radical (unpaired) electrons. The SMILES string of the molecule is Cc1cccc(C)c1NN=Cc1ccccc1Br. The standard InChI is InChI=1S/C15H15BrN2/c1-11-6-5-7-12(2)15(11)18-17-10-13-8-3-4-9-14(13)16/h3-10,18H,1-2H3. The molecule has 0 saturated heterocycles. The van der Waals surface area contributed by atoms with Crippen LogP contribution in [0.25, 0.3) is 0 Å². The monoisotopic (exact) mass is 302 g/mol. The number of nitrogens with zero attached hydrogens (tertiary/aromatic N) is 1. The molecule has 18 heavy (non-hydrogen) atoms. The Balaban J connectivity index is 2.15. The lowest BCUT2D eigenvalue weighted by atomic mass is 10.1. The molecular formula is C15H15BrN2. The molecule has 0 atom stereocenters. The van der Waals surface area contributed by atoms with E-state index in [4.69, 9.17) is 0 Å². The number of halogens is 1. The summed E-state index contributed by atoms with van der Waals surface area (Å²) in [5, 5.41) is 4.29. The minimum atomic E-state index is 1.04. The lowest BCUT2D eigenvalue weighted by Gasteiger charge is -2.08. The first-order valence-corrected chi connectivity index (χ1v) is 6.57. The highest BCUT2D eigenvalue weighted by Gasteiger charge is 1.99. The second kappa shape index (κ2) is 5.83. The molecule has 0 unspecified atom stereocenters.